The van der Waals surface area contributed by atoms with Crippen LogP contribution in [0, 0.1) is 0 Å². The van der Waals surface area contributed by atoms with Gasteiger partial charge in [0.2, 0.25) is 0 Å². The van der Waals surface area contributed by atoms with Crippen LogP contribution in [0.4, 0.5) is 10.5 Å². The molecule has 0 bridgehead atoms. The lowest BCUT2D eigenvalue weighted by Crippen LogP contribution is -2.49. The molecule has 0 aliphatic carbocycles. The Morgan fingerprint density at radius 3 is 2.57 bits per heavy atom. The summed E-state index contributed by atoms with van der Waals surface area (Å²) in [6, 6.07) is 14.3. The van der Waals surface area contributed by atoms with Gasteiger partial charge in [0.1, 0.15) is 5.82 Å². The van der Waals surface area contributed by atoms with E-state index in [2.05, 4.69) is 20.2 Å². The number of fused-ring (bicyclic) bond motifs is 1. The molecule has 0 unspecified atom stereocenters. The first-order valence-electron chi connectivity index (χ1n) is 9.11. The first kappa shape index (κ1) is 18.5. The first-order chi connectivity index (χ1) is 13.6. The van der Waals surface area contributed by atoms with Crippen molar-refractivity contribution in [2.75, 3.05) is 31.5 Å². The molecule has 2 aromatic carbocycles. The molecule has 1 aromatic heterocycles. The summed E-state index contributed by atoms with van der Waals surface area (Å²) in [7, 11) is 0. The maximum atomic E-state index is 12.5. The van der Waals surface area contributed by atoms with E-state index in [-0.39, 0.29) is 11.6 Å². The van der Waals surface area contributed by atoms with Crippen molar-refractivity contribution in [3.63, 3.8) is 0 Å². The maximum absolute atomic E-state index is 12.5. The van der Waals surface area contributed by atoms with Crippen LogP contribution in [0.3, 0.4) is 0 Å². The normalized spacial score (nSPS) is 15.0. The van der Waals surface area contributed by atoms with Crippen molar-refractivity contribution >= 4 is 34.2 Å². The Morgan fingerprint density at radius 1 is 1.07 bits per heavy atom. The molecular formula is C20H20ClN5O2. The molecule has 7 nitrogen and oxygen atoms in total. The molecule has 0 spiro atoms. The smallest absolute Gasteiger partial charge is 0.321 e. The van der Waals surface area contributed by atoms with Crippen molar-refractivity contribution in [1.82, 2.24) is 19.8 Å². The number of para-hydroxylation sites is 2. The van der Waals surface area contributed by atoms with Gasteiger partial charge >= 0.3 is 6.03 Å². The predicted octanol–water partition coefficient (Wildman–Crippen LogP) is 2.93. The van der Waals surface area contributed by atoms with Crippen molar-refractivity contribution in [2.24, 2.45) is 0 Å². The van der Waals surface area contributed by atoms with Gasteiger partial charge in [-0.2, -0.15) is 0 Å². The van der Waals surface area contributed by atoms with E-state index in [0.29, 0.717) is 60.2 Å². The first-order valence-corrected chi connectivity index (χ1v) is 9.49. The molecule has 1 aliphatic heterocycles. The second-order valence-corrected chi connectivity index (χ2v) is 7.11. The Morgan fingerprint density at radius 2 is 1.79 bits per heavy atom. The number of benzene rings is 2. The Bertz CT molecular complexity index is 1060. The van der Waals surface area contributed by atoms with Gasteiger partial charge in [-0.25, -0.2) is 9.78 Å². The molecule has 1 saturated heterocycles. The number of aromatic nitrogens is 2. The van der Waals surface area contributed by atoms with E-state index in [0.717, 1.165) is 0 Å². The van der Waals surface area contributed by atoms with Gasteiger partial charge < -0.3 is 15.2 Å². The van der Waals surface area contributed by atoms with Crippen LogP contribution in [-0.4, -0.2) is 52.0 Å². The van der Waals surface area contributed by atoms with Crippen molar-refractivity contribution in [3.8, 4) is 0 Å². The number of carbonyl (C=O) groups excluding carboxylic acids is 1. The van der Waals surface area contributed by atoms with Crippen LogP contribution < -0.4 is 10.9 Å². The quantitative estimate of drug-likeness (QED) is 0.712. The summed E-state index contributed by atoms with van der Waals surface area (Å²) >= 11 is 6.10. The van der Waals surface area contributed by atoms with Gasteiger partial charge in [-0.05, 0) is 24.3 Å². The second kappa shape index (κ2) is 8.00. The highest BCUT2D eigenvalue weighted by molar-refractivity contribution is 6.33. The van der Waals surface area contributed by atoms with E-state index in [9.17, 15) is 9.59 Å². The van der Waals surface area contributed by atoms with Gasteiger partial charge in [0, 0.05) is 26.2 Å². The highest BCUT2D eigenvalue weighted by Crippen LogP contribution is 2.21. The summed E-state index contributed by atoms with van der Waals surface area (Å²) < 4.78 is 0. The van der Waals surface area contributed by atoms with Crippen LogP contribution >= 0.6 is 11.6 Å². The van der Waals surface area contributed by atoms with Gasteiger partial charge in [-0.3, -0.25) is 9.69 Å². The van der Waals surface area contributed by atoms with Gasteiger partial charge in [0.25, 0.3) is 5.56 Å². The summed E-state index contributed by atoms with van der Waals surface area (Å²) in [6.07, 6.45) is 0. The fourth-order valence-corrected chi connectivity index (χ4v) is 3.47. The van der Waals surface area contributed by atoms with Crippen LogP contribution in [0.15, 0.2) is 53.3 Å². The molecule has 1 fully saturated rings. The molecular weight excluding hydrogens is 378 g/mol. The van der Waals surface area contributed by atoms with Crippen molar-refractivity contribution < 1.29 is 4.79 Å². The number of hydrogen-bond donors (Lipinski definition) is 2. The summed E-state index contributed by atoms with van der Waals surface area (Å²) in [5, 5.41) is 3.95. The minimum Gasteiger partial charge on any atom is -0.322 e. The summed E-state index contributed by atoms with van der Waals surface area (Å²) in [6.45, 7) is 3.13. The Hall–Kier alpha value is -2.90. The average Bonchev–Trinajstić information content (AvgIpc) is 2.70. The summed E-state index contributed by atoms with van der Waals surface area (Å²) in [4.78, 5) is 36.0. The molecule has 2 amide bonds. The number of urea groups is 1. The second-order valence-electron chi connectivity index (χ2n) is 6.70. The number of nitrogens with zero attached hydrogens (tertiary/aromatic N) is 3. The van der Waals surface area contributed by atoms with Crippen molar-refractivity contribution in [3.05, 3.63) is 69.7 Å². The summed E-state index contributed by atoms with van der Waals surface area (Å²) in [5.74, 6) is 0.637. The predicted molar refractivity (Wildman–Crippen MR) is 110 cm³/mol. The zero-order valence-corrected chi connectivity index (χ0v) is 15.9. The van der Waals surface area contributed by atoms with Gasteiger partial charge in [-0.1, -0.05) is 35.9 Å². The molecule has 28 heavy (non-hydrogen) atoms. The number of rotatable bonds is 3. The molecule has 0 saturated carbocycles. The van der Waals surface area contributed by atoms with Crippen molar-refractivity contribution in [1.29, 1.82) is 0 Å². The minimum absolute atomic E-state index is 0.127. The van der Waals surface area contributed by atoms with Gasteiger partial charge in [0.15, 0.2) is 0 Å². The third-order valence-electron chi connectivity index (χ3n) is 4.81. The lowest BCUT2D eigenvalue weighted by Gasteiger charge is -2.34. The lowest BCUT2D eigenvalue weighted by atomic mass is 10.2. The topological polar surface area (TPSA) is 81.3 Å². The van der Waals surface area contributed by atoms with E-state index >= 15 is 0 Å². The fraction of sp³-hybridized carbons (Fsp3) is 0.250. The molecule has 4 rings (SSSR count). The Balaban J connectivity index is 1.36. The third-order valence-corrected chi connectivity index (χ3v) is 5.14. The third kappa shape index (κ3) is 4.00. The number of anilines is 1. The van der Waals surface area contributed by atoms with E-state index in [4.69, 9.17) is 11.6 Å². The standard InChI is InChI=1S/C20H20ClN5O2/c21-15-6-2-4-8-17(15)23-20(28)26-11-9-25(10-12-26)13-18-22-16-7-3-1-5-14(16)19(27)24-18/h1-8H,9-13H2,(H,23,28)(H,22,24,27). The molecule has 0 radical (unpaired) electrons. The maximum Gasteiger partial charge on any atom is 0.321 e. The number of aromatic amines is 1. The fourth-order valence-electron chi connectivity index (χ4n) is 3.29. The lowest BCUT2D eigenvalue weighted by molar-refractivity contribution is 0.141. The van der Waals surface area contributed by atoms with E-state index in [1.807, 2.05) is 30.3 Å². The largest absolute Gasteiger partial charge is 0.322 e. The van der Waals surface area contributed by atoms with Gasteiger partial charge in [-0.15, -0.1) is 0 Å². The molecule has 1 aliphatic rings. The minimum atomic E-state index is -0.162. The number of amides is 2. The van der Waals surface area contributed by atoms with Gasteiger partial charge in [0.05, 0.1) is 28.2 Å². The average molecular weight is 398 g/mol. The Kier molecular flexibility index (Phi) is 5.27. The number of piperazine rings is 1. The number of nitrogens with one attached hydrogen (secondary N) is 2. The zero-order chi connectivity index (χ0) is 19.5. The highest BCUT2D eigenvalue weighted by Gasteiger charge is 2.22. The molecule has 144 valence electrons. The van der Waals surface area contributed by atoms with Crippen LogP contribution in [0.2, 0.25) is 5.02 Å². The number of halogens is 1. The molecule has 8 heteroatoms. The van der Waals surface area contributed by atoms with Crippen LogP contribution in [0.1, 0.15) is 5.82 Å². The highest BCUT2D eigenvalue weighted by atomic mass is 35.5. The van der Waals surface area contributed by atoms with Crippen LogP contribution in [0.5, 0.6) is 0 Å². The molecule has 3 aromatic rings. The van der Waals surface area contributed by atoms with Crippen LogP contribution in [0.25, 0.3) is 10.9 Å². The Labute approximate surface area is 166 Å². The summed E-state index contributed by atoms with van der Waals surface area (Å²) in [5.41, 5.74) is 1.17. The zero-order valence-electron chi connectivity index (χ0n) is 15.2. The SMILES string of the molecule is O=C(Nc1ccccc1Cl)N1CCN(Cc2nc3ccccc3c(=O)[nH]2)CC1. The number of hydrogen-bond acceptors (Lipinski definition) is 4. The molecule has 0 atom stereocenters. The van der Waals surface area contributed by atoms with E-state index in [1.165, 1.54) is 0 Å². The van der Waals surface area contributed by atoms with E-state index in [1.54, 1.807) is 23.1 Å². The molecule has 2 heterocycles. The van der Waals surface area contributed by atoms with Crippen LogP contribution in [-0.2, 0) is 6.54 Å². The monoisotopic (exact) mass is 397 g/mol. The number of carbonyl (C=O) groups is 1. The number of H-pyrrole nitrogens is 1. The molecule has 2 N–H and O–H groups in total. The van der Waals surface area contributed by atoms with Crippen molar-refractivity contribution in [2.45, 2.75) is 6.54 Å². The van der Waals surface area contributed by atoms with E-state index < -0.39 is 0 Å².